The van der Waals surface area contributed by atoms with Gasteiger partial charge in [-0.3, -0.25) is 0 Å². The summed E-state index contributed by atoms with van der Waals surface area (Å²) in [5.41, 5.74) is 0.701. The van der Waals surface area contributed by atoms with Crippen molar-refractivity contribution in [2.75, 3.05) is 13.6 Å². The van der Waals surface area contributed by atoms with E-state index in [2.05, 4.69) is 6.58 Å². The van der Waals surface area contributed by atoms with Gasteiger partial charge < -0.3 is 14.4 Å². The first-order valence-electron chi connectivity index (χ1n) is 7.52. The number of hydrogen-bond acceptors (Lipinski definition) is 4. The molecule has 5 nitrogen and oxygen atoms in total. The smallest absolute Gasteiger partial charge is 0.410 e. The van der Waals surface area contributed by atoms with Crippen molar-refractivity contribution >= 4 is 12.1 Å². The highest BCUT2D eigenvalue weighted by Crippen LogP contribution is 2.11. The molecule has 5 heteroatoms. The topological polar surface area (TPSA) is 55.8 Å². The third-order valence-electron chi connectivity index (χ3n) is 2.96. The SMILES string of the molecule is C=C(CCN(C)C(=O)OC(C)(C)C)C(=O)OCc1ccccc1. The monoisotopic (exact) mass is 319 g/mol. The molecule has 0 N–H and O–H groups in total. The molecule has 23 heavy (non-hydrogen) atoms. The van der Waals surface area contributed by atoms with Gasteiger partial charge in [-0.2, -0.15) is 0 Å². The van der Waals surface area contributed by atoms with E-state index in [-0.39, 0.29) is 6.61 Å². The highest BCUT2D eigenvalue weighted by atomic mass is 16.6. The zero-order valence-electron chi connectivity index (χ0n) is 14.3. The van der Waals surface area contributed by atoms with Crippen LogP contribution in [0.15, 0.2) is 42.5 Å². The second-order valence-electron chi connectivity index (χ2n) is 6.32. The molecular formula is C18H25NO4. The van der Waals surface area contributed by atoms with Gasteiger partial charge in [0.15, 0.2) is 0 Å². The lowest BCUT2D eigenvalue weighted by atomic mass is 10.2. The van der Waals surface area contributed by atoms with Crippen LogP contribution in [0.3, 0.4) is 0 Å². The van der Waals surface area contributed by atoms with Crippen molar-refractivity contribution in [2.45, 2.75) is 39.4 Å². The minimum Gasteiger partial charge on any atom is -0.457 e. The van der Waals surface area contributed by atoms with E-state index >= 15 is 0 Å². The number of carbonyl (C=O) groups is 2. The molecule has 0 saturated carbocycles. The summed E-state index contributed by atoms with van der Waals surface area (Å²) in [5.74, 6) is -0.452. The molecule has 1 aromatic carbocycles. The van der Waals surface area contributed by atoms with Crippen molar-refractivity contribution < 1.29 is 19.1 Å². The molecule has 0 heterocycles. The fourth-order valence-electron chi connectivity index (χ4n) is 1.66. The number of hydrogen-bond donors (Lipinski definition) is 0. The van der Waals surface area contributed by atoms with E-state index in [1.807, 2.05) is 30.3 Å². The van der Waals surface area contributed by atoms with Gasteiger partial charge in [0, 0.05) is 19.2 Å². The van der Waals surface area contributed by atoms with E-state index in [4.69, 9.17) is 9.47 Å². The summed E-state index contributed by atoms with van der Waals surface area (Å²) in [7, 11) is 1.62. The van der Waals surface area contributed by atoms with Gasteiger partial charge in [-0.1, -0.05) is 36.9 Å². The molecule has 1 rings (SSSR count). The predicted molar refractivity (Wildman–Crippen MR) is 88.9 cm³/mol. The number of rotatable bonds is 6. The first-order chi connectivity index (χ1) is 10.7. The minimum atomic E-state index is -0.545. The standard InChI is InChI=1S/C18H25NO4/c1-14(11-12-19(5)17(21)23-18(2,3)4)16(20)22-13-15-9-7-6-8-10-15/h6-10H,1,11-13H2,2-5H3. The predicted octanol–water partition coefficient (Wildman–Crippen LogP) is 3.54. The van der Waals surface area contributed by atoms with Gasteiger partial charge in [-0.15, -0.1) is 0 Å². The fraction of sp³-hybridized carbons (Fsp3) is 0.444. The Balaban J connectivity index is 2.35. The lowest BCUT2D eigenvalue weighted by molar-refractivity contribution is -0.140. The Kier molecular flexibility index (Phi) is 6.82. The zero-order chi connectivity index (χ0) is 17.5. The Morgan fingerprint density at radius 1 is 1.17 bits per heavy atom. The maximum Gasteiger partial charge on any atom is 0.410 e. The summed E-state index contributed by atoms with van der Waals surface area (Å²) in [6.07, 6.45) is -0.0911. The average Bonchev–Trinajstić information content (AvgIpc) is 2.49. The van der Waals surface area contributed by atoms with Gasteiger partial charge in [0.05, 0.1) is 0 Å². The van der Waals surface area contributed by atoms with E-state index in [1.165, 1.54) is 4.90 Å². The van der Waals surface area contributed by atoms with Crippen LogP contribution in [-0.2, 0) is 20.9 Å². The quantitative estimate of drug-likeness (QED) is 0.594. The number of carbonyl (C=O) groups excluding carboxylic acids is 2. The van der Waals surface area contributed by atoms with Gasteiger partial charge in [0.1, 0.15) is 12.2 Å². The molecule has 0 aromatic heterocycles. The van der Waals surface area contributed by atoms with Crippen molar-refractivity contribution in [3.63, 3.8) is 0 Å². The number of esters is 1. The lowest BCUT2D eigenvalue weighted by Crippen LogP contribution is -2.35. The van der Waals surface area contributed by atoms with Crippen molar-refractivity contribution in [3.8, 4) is 0 Å². The maximum absolute atomic E-state index is 11.9. The Morgan fingerprint density at radius 2 is 1.78 bits per heavy atom. The molecule has 0 aliphatic carbocycles. The van der Waals surface area contributed by atoms with Crippen LogP contribution in [0.25, 0.3) is 0 Å². The van der Waals surface area contributed by atoms with Gasteiger partial charge in [0.25, 0.3) is 0 Å². The summed E-state index contributed by atoms with van der Waals surface area (Å²) in [4.78, 5) is 25.1. The molecule has 0 aliphatic rings. The summed E-state index contributed by atoms with van der Waals surface area (Å²) in [6, 6.07) is 9.43. The normalized spacial score (nSPS) is 10.8. The molecule has 0 fully saturated rings. The van der Waals surface area contributed by atoms with Gasteiger partial charge in [0.2, 0.25) is 0 Å². The lowest BCUT2D eigenvalue weighted by Gasteiger charge is -2.24. The van der Waals surface area contributed by atoms with Gasteiger partial charge in [-0.05, 0) is 32.8 Å². The van der Waals surface area contributed by atoms with E-state index in [0.717, 1.165) is 5.56 Å². The van der Waals surface area contributed by atoms with Crippen molar-refractivity contribution in [3.05, 3.63) is 48.0 Å². The van der Waals surface area contributed by atoms with Gasteiger partial charge in [-0.25, -0.2) is 9.59 Å². The van der Waals surface area contributed by atoms with E-state index in [1.54, 1.807) is 27.8 Å². The van der Waals surface area contributed by atoms with Crippen molar-refractivity contribution in [1.82, 2.24) is 4.90 Å². The zero-order valence-corrected chi connectivity index (χ0v) is 14.3. The molecule has 1 aromatic rings. The molecule has 0 radical (unpaired) electrons. The van der Waals surface area contributed by atoms with Crippen molar-refractivity contribution in [2.24, 2.45) is 0 Å². The number of benzene rings is 1. The summed E-state index contributed by atoms with van der Waals surface area (Å²) < 4.78 is 10.4. The Bertz CT molecular complexity index is 546. The maximum atomic E-state index is 11.9. The summed E-state index contributed by atoms with van der Waals surface area (Å²) in [5, 5.41) is 0. The molecule has 0 unspecified atom stereocenters. The van der Waals surface area contributed by atoms with Crippen LogP contribution in [-0.4, -0.2) is 36.2 Å². The second-order valence-corrected chi connectivity index (χ2v) is 6.32. The van der Waals surface area contributed by atoms with E-state index in [9.17, 15) is 9.59 Å². The van der Waals surface area contributed by atoms with Gasteiger partial charge >= 0.3 is 12.1 Å². The third kappa shape index (κ3) is 7.49. The number of ether oxygens (including phenoxy) is 2. The van der Waals surface area contributed by atoms with E-state index in [0.29, 0.717) is 18.5 Å². The molecular weight excluding hydrogens is 294 g/mol. The largest absolute Gasteiger partial charge is 0.457 e. The number of nitrogens with zero attached hydrogens (tertiary/aromatic N) is 1. The fourth-order valence-corrected chi connectivity index (χ4v) is 1.66. The Morgan fingerprint density at radius 3 is 2.35 bits per heavy atom. The molecule has 0 spiro atoms. The molecule has 0 saturated heterocycles. The summed E-state index contributed by atoms with van der Waals surface area (Å²) in [6.45, 7) is 9.68. The van der Waals surface area contributed by atoms with Crippen LogP contribution in [0.2, 0.25) is 0 Å². The summed E-state index contributed by atoms with van der Waals surface area (Å²) >= 11 is 0. The molecule has 126 valence electrons. The van der Waals surface area contributed by atoms with Crippen LogP contribution in [0.4, 0.5) is 4.79 Å². The molecule has 0 bridgehead atoms. The second kappa shape index (κ2) is 8.36. The molecule has 0 atom stereocenters. The third-order valence-corrected chi connectivity index (χ3v) is 2.96. The molecule has 0 aliphatic heterocycles. The molecule has 1 amide bonds. The Labute approximate surface area is 137 Å². The number of amides is 1. The van der Waals surface area contributed by atoms with Crippen LogP contribution < -0.4 is 0 Å². The first-order valence-corrected chi connectivity index (χ1v) is 7.52. The highest BCUT2D eigenvalue weighted by molar-refractivity contribution is 5.87. The average molecular weight is 319 g/mol. The van der Waals surface area contributed by atoms with E-state index < -0.39 is 17.7 Å². The Hall–Kier alpha value is -2.30. The van der Waals surface area contributed by atoms with Crippen LogP contribution >= 0.6 is 0 Å². The minimum absolute atomic E-state index is 0.209. The van der Waals surface area contributed by atoms with Crippen LogP contribution in [0.1, 0.15) is 32.8 Å². The first kappa shape index (κ1) is 18.7. The highest BCUT2D eigenvalue weighted by Gasteiger charge is 2.20. The van der Waals surface area contributed by atoms with Crippen LogP contribution in [0, 0.1) is 0 Å². The van der Waals surface area contributed by atoms with Crippen molar-refractivity contribution in [1.29, 1.82) is 0 Å². The van der Waals surface area contributed by atoms with Crippen LogP contribution in [0.5, 0.6) is 0 Å².